The number of furan rings is 1. The lowest BCUT2D eigenvalue weighted by atomic mass is 10.1. The van der Waals surface area contributed by atoms with Crippen molar-refractivity contribution >= 4 is 29.9 Å². The molecule has 0 radical (unpaired) electrons. The van der Waals surface area contributed by atoms with E-state index < -0.39 is 0 Å². The Balaban J connectivity index is 0.00000338. The van der Waals surface area contributed by atoms with Gasteiger partial charge in [-0.1, -0.05) is 6.07 Å². The van der Waals surface area contributed by atoms with Gasteiger partial charge in [0, 0.05) is 19.2 Å². The second-order valence-corrected chi connectivity index (χ2v) is 5.82. The van der Waals surface area contributed by atoms with Crippen molar-refractivity contribution in [2.24, 2.45) is 4.99 Å². The fraction of sp³-hybridized carbons (Fsp3) is 0.421. The van der Waals surface area contributed by atoms with Gasteiger partial charge in [-0.25, -0.2) is 0 Å². The first-order valence-corrected chi connectivity index (χ1v) is 8.50. The number of nitrogens with zero attached hydrogens (tertiary/aromatic N) is 1. The Hall–Kier alpha value is -1.90. The molecule has 7 heteroatoms. The highest BCUT2D eigenvalue weighted by atomic mass is 127. The van der Waals surface area contributed by atoms with Crippen LogP contribution in [0.2, 0.25) is 0 Å². The van der Waals surface area contributed by atoms with Crippen LogP contribution in [0.15, 0.2) is 39.7 Å². The first kappa shape index (κ1) is 22.1. The minimum Gasteiger partial charge on any atom is -0.508 e. The molecule has 144 valence electrons. The molecule has 1 atom stereocenters. The molecule has 3 N–H and O–H groups in total. The number of rotatable bonds is 7. The zero-order valence-corrected chi connectivity index (χ0v) is 18.0. The Morgan fingerprint density at radius 1 is 1.31 bits per heavy atom. The maximum Gasteiger partial charge on any atom is 0.191 e. The molecule has 26 heavy (non-hydrogen) atoms. The number of aryl methyl sites for hydroxylation is 1. The van der Waals surface area contributed by atoms with Crippen LogP contribution in [-0.2, 0) is 6.42 Å². The van der Waals surface area contributed by atoms with Crippen molar-refractivity contribution in [1.82, 2.24) is 10.6 Å². The van der Waals surface area contributed by atoms with E-state index in [0.29, 0.717) is 18.7 Å². The molecular formula is C19H28IN3O3. The number of halogens is 1. The number of ether oxygens (including phenoxy) is 1. The van der Waals surface area contributed by atoms with E-state index in [0.717, 1.165) is 29.6 Å². The van der Waals surface area contributed by atoms with Crippen LogP contribution in [0, 0.1) is 6.92 Å². The summed E-state index contributed by atoms with van der Waals surface area (Å²) in [6.07, 6.45) is 0.640. The van der Waals surface area contributed by atoms with Gasteiger partial charge < -0.3 is 24.9 Å². The van der Waals surface area contributed by atoms with E-state index in [9.17, 15) is 5.11 Å². The molecule has 0 aliphatic carbocycles. The number of benzene rings is 1. The standard InChI is InChI=1S/C19H27N3O3.HI/c1-5-20-19(22-14(3)18-9-6-13(2)25-18)21-11-10-15-7-8-16(24-4)12-17(15)23;/h6-9,12,14,23H,5,10-11H2,1-4H3,(H2,20,21,22);1H. The number of hydrogen-bond donors (Lipinski definition) is 3. The van der Waals surface area contributed by atoms with E-state index in [-0.39, 0.29) is 35.8 Å². The first-order valence-electron chi connectivity index (χ1n) is 8.50. The van der Waals surface area contributed by atoms with Gasteiger partial charge in [0.25, 0.3) is 0 Å². The smallest absolute Gasteiger partial charge is 0.191 e. The third-order valence-corrected chi connectivity index (χ3v) is 3.83. The molecule has 0 spiro atoms. The molecule has 0 aliphatic rings. The highest BCUT2D eigenvalue weighted by molar-refractivity contribution is 14.0. The molecule has 0 fully saturated rings. The molecule has 2 aromatic rings. The Bertz CT molecular complexity index is 716. The normalized spacial score (nSPS) is 12.2. The van der Waals surface area contributed by atoms with E-state index in [1.165, 1.54) is 0 Å². The summed E-state index contributed by atoms with van der Waals surface area (Å²) in [4.78, 5) is 4.58. The number of methoxy groups -OCH3 is 1. The predicted molar refractivity (Wildman–Crippen MR) is 115 cm³/mol. The fourth-order valence-electron chi connectivity index (χ4n) is 2.45. The summed E-state index contributed by atoms with van der Waals surface area (Å²) in [5.74, 6) is 3.35. The lowest BCUT2D eigenvalue weighted by Crippen LogP contribution is -2.38. The molecule has 0 bridgehead atoms. The van der Waals surface area contributed by atoms with E-state index in [1.807, 2.05) is 45.0 Å². The van der Waals surface area contributed by atoms with E-state index in [4.69, 9.17) is 9.15 Å². The van der Waals surface area contributed by atoms with Crippen LogP contribution in [0.3, 0.4) is 0 Å². The minimum absolute atomic E-state index is 0. The number of phenolic OH excluding ortho intramolecular Hbond substituents is 1. The molecule has 0 saturated heterocycles. The van der Waals surface area contributed by atoms with Crippen molar-refractivity contribution in [3.63, 3.8) is 0 Å². The fourth-order valence-corrected chi connectivity index (χ4v) is 2.45. The second kappa shape index (κ2) is 10.9. The molecule has 0 saturated carbocycles. The Kier molecular flexibility index (Phi) is 9.32. The molecule has 1 unspecified atom stereocenters. The summed E-state index contributed by atoms with van der Waals surface area (Å²) in [5.41, 5.74) is 0.843. The van der Waals surface area contributed by atoms with Crippen LogP contribution >= 0.6 is 24.0 Å². The summed E-state index contributed by atoms with van der Waals surface area (Å²) in [5, 5.41) is 16.6. The lowest BCUT2D eigenvalue weighted by molar-refractivity contribution is 0.406. The minimum atomic E-state index is 0. The van der Waals surface area contributed by atoms with Gasteiger partial charge in [-0.3, -0.25) is 4.99 Å². The number of hydrogen-bond acceptors (Lipinski definition) is 4. The maximum absolute atomic E-state index is 10.0. The zero-order valence-electron chi connectivity index (χ0n) is 15.7. The summed E-state index contributed by atoms with van der Waals surface area (Å²) >= 11 is 0. The molecule has 1 heterocycles. The third-order valence-electron chi connectivity index (χ3n) is 3.83. The van der Waals surface area contributed by atoms with Gasteiger partial charge in [0.2, 0.25) is 0 Å². The van der Waals surface area contributed by atoms with Gasteiger partial charge in [0.15, 0.2) is 5.96 Å². The lowest BCUT2D eigenvalue weighted by Gasteiger charge is -2.16. The number of aliphatic imine (C=N–C) groups is 1. The summed E-state index contributed by atoms with van der Waals surface area (Å²) in [6, 6.07) is 9.24. The van der Waals surface area contributed by atoms with Gasteiger partial charge in [0.1, 0.15) is 23.0 Å². The second-order valence-electron chi connectivity index (χ2n) is 5.82. The Morgan fingerprint density at radius 3 is 2.65 bits per heavy atom. The molecule has 0 amide bonds. The number of nitrogens with one attached hydrogen (secondary N) is 2. The van der Waals surface area contributed by atoms with Crippen LogP contribution in [0.4, 0.5) is 0 Å². The van der Waals surface area contributed by atoms with Gasteiger partial charge >= 0.3 is 0 Å². The molecule has 6 nitrogen and oxygen atoms in total. The van der Waals surface area contributed by atoms with Gasteiger partial charge in [-0.2, -0.15) is 0 Å². The molecule has 1 aromatic carbocycles. The quantitative estimate of drug-likeness (QED) is 0.324. The number of guanidine groups is 1. The van der Waals surface area contributed by atoms with Crippen LogP contribution in [0.1, 0.15) is 37.0 Å². The van der Waals surface area contributed by atoms with Crippen LogP contribution in [-0.4, -0.2) is 31.3 Å². The van der Waals surface area contributed by atoms with Crippen molar-refractivity contribution in [3.05, 3.63) is 47.4 Å². The van der Waals surface area contributed by atoms with Gasteiger partial charge in [-0.05, 0) is 51.0 Å². The first-order chi connectivity index (χ1) is 12.0. The molecule has 1 aromatic heterocycles. The average Bonchev–Trinajstić information content (AvgIpc) is 3.03. The van der Waals surface area contributed by atoms with E-state index in [1.54, 1.807) is 13.2 Å². The number of aromatic hydroxyl groups is 1. The summed E-state index contributed by atoms with van der Waals surface area (Å²) in [7, 11) is 1.58. The zero-order chi connectivity index (χ0) is 18.2. The van der Waals surface area contributed by atoms with E-state index in [2.05, 4.69) is 15.6 Å². The Labute approximate surface area is 172 Å². The highest BCUT2D eigenvalue weighted by Gasteiger charge is 2.11. The summed E-state index contributed by atoms with van der Waals surface area (Å²) in [6.45, 7) is 7.30. The maximum atomic E-state index is 10.0. The average molecular weight is 473 g/mol. The van der Waals surface area contributed by atoms with Crippen LogP contribution < -0.4 is 15.4 Å². The van der Waals surface area contributed by atoms with Gasteiger partial charge in [0.05, 0.1) is 13.2 Å². The Morgan fingerprint density at radius 2 is 2.08 bits per heavy atom. The SMILES string of the molecule is CCNC(=NCCc1ccc(OC)cc1O)NC(C)c1ccc(C)o1.I. The summed E-state index contributed by atoms with van der Waals surface area (Å²) < 4.78 is 10.7. The van der Waals surface area contributed by atoms with Crippen molar-refractivity contribution in [3.8, 4) is 11.5 Å². The molecular weight excluding hydrogens is 445 g/mol. The molecule has 0 aliphatic heterocycles. The third kappa shape index (κ3) is 6.44. The number of phenols is 1. The van der Waals surface area contributed by atoms with Gasteiger partial charge in [-0.15, -0.1) is 24.0 Å². The van der Waals surface area contributed by atoms with Crippen molar-refractivity contribution in [2.45, 2.75) is 33.2 Å². The highest BCUT2D eigenvalue weighted by Crippen LogP contribution is 2.23. The van der Waals surface area contributed by atoms with Crippen molar-refractivity contribution < 1.29 is 14.3 Å². The molecule has 2 rings (SSSR count). The van der Waals surface area contributed by atoms with Crippen molar-refractivity contribution in [2.75, 3.05) is 20.2 Å². The van der Waals surface area contributed by atoms with Crippen LogP contribution in [0.25, 0.3) is 0 Å². The van der Waals surface area contributed by atoms with Crippen LogP contribution in [0.5, 0.6) is 11.5 Å². The largest absolute Gasteiger partial charge is 0.508 e. The predicted octanol–water partition coefficient (Wildman–Crippen LogP) is 3.78. The monoisotopic (exact) mass is 473 g/mol. The topological polar surface area (TPSA) is 79.0 Å². The van der Waals surface area contributed by atoms with Crippen molar-refractivity contribution in [1.29, 1.82) is 0 Å². The van der Waals surface area contributed by atoms with E-state index >= 15 is 0 Å².